The highest BCUT2D eigenvalue weighted by Gasteiger charge is 2.50. The van der Waals surface area contributed by atoms with Crippen molar-refractivity contribution in [2.75, 3.05) is 19.7 Å². The van der Waals surface area contributed by atoms with E-state index in [2.05, 4.69) is 10.3 Å². The van der Waals surface area contributed by atoms with Gasteiger partial charge in [-0.1, -0.05) is 48.5 Å². The van der Waals surface area contributed by atoms with E-state index in [9.17, 15) is 14.4 Å². The van der Waals surface area contributed by atoms with Crippen LogP contribution in [-0.2, 0) is 31.9 Å². The molecule has 4 saturated carbocycles. The van der Waals surface area contributed by atoms with Crippen LogP contribution in [0.3, 0.4) is 0 Å². The van der Waals surface area contributed by atoms with Gasteiger partial charge in [0.25, 0.3) is 0 Å². The van der Waals surface area contributed by atoms with Crippen molar-refractivity contribution in [1.29, 1.82) is 0 Å². The monoisotopic (exact) mass is 571 g/mol. The van der Waals surface area contributed by atoms with Gasteiger partial charge in [-0.05, 0) is 86.3 Å². The van der Waals surface area contributed by atoms with Crippen LogP contribution in [0.15, 0.2) is 60.8 Å². The van der Waals surface area contributed by atoms with E-state index < -0.39 is 18.1 Å². The fraction of sp³-hybridized carbons (Fsp3) is 0.500. The largest absolute Gasteiger partial charge is 0.465 e. The van der Waals surface area contributed by atoms with Crippen molar-refractivity contribution in [2.45, 2.75) is 64.0 Å². The minimum absolute atomic E-state index is 0.0876. The molecular formula is C34H41N3O5. The van der Waals surface area contributed by atoms with Crippen molar-refractivity contribution < 1.29 is 23.9 Å². The number of nitrogens with one attached hydrogen (secondary N) is 2. The third kappa shape index (κ3) is 6.32. The first-order chi connectivity index (χ1) is 20.5. The number of alkyl carbamates (subject to hydrolysis) is 1. The van der Waals surface area contributed by atoms with Gasteiger partial charge in [0.1, 0.15) is 18.7 Å². The highest BCUT2D eigenvalue weighted by atomic mass is 16.6. The molecule has 1 heterocycles. The van der Waals surface area contributed by atoms with Crippen LogP contribution < -0.4 is 5.32 Å². The van der Waals surface area contributed by atoms with Crippen LogP contribution in [0.5, 0.6) is 0 Å². The number of carbonyl (C=O) groups is 3. The number of H-pyrrole nitrogens is 1. The molecule has 0 saturated heterocycles. The van der Waals surface area contributed by atoms with Crippen molar-refractivity contribution in [2.24, 2.45) is 23.7 Å². The highest BCUT2D eigenvalue weighted by molar-refractivity contribution is 5.90. The predicted molar refractivity (Wildman–Crippen MR) is 160 cm³/mol. The van der Waals surface area contributed by atoms with Crippen LogP contribution in [0.4, 0.5) is 4.79 Å². The molecule has 42 heavy (non-hydrogen) atoms. The molecule has 4 bridgehead atoms. The quantitative estimate of drug-likeness (QED) is 0.306. The van der Waals surface area contributed by atoms with Gasteiger partial charge in [0.15, 0.2) is 0 Å². The molecule has 1 aromatic heterocycles. The Morgan fingerprint density at radius 2 is 1.64 bits per heavy atom. The summed E-state index contributed by atoms with van der Waals surface area (Å²) in [5, 5.41) is 3.94. The lowest BCUT2D eigenvalue weighted by Crippen LogP contribution is -2.54. The van der Waals surface area contributed by atoms with Gasteiger partial charge < -0.3 is 24.7 Å². The van der Waals surface area contributed by atoms with Gasteiger partial charge in [-0.3, -0.25) is 9.59 Å². The zero-order chi connectivity index (χ0) is 29.1. The highest BCUT2D eigenvalue weighted by Crippen LogP contribution is 2.54. The Labute approximate surface area is 247 Å². The zero-order valence-electron chi connectivity index (χ0n) is 24.3. The average Bonchev–Trinajstić information content (AvgIpc) is 3.39. The SMILES string of the molecule is CCOC(=O)CN(CCc1ccccc1)C(=O)[C@@H](Cc1c[nH]c2ccccc12)NC(=O)OC1C2CC3CC(C2)CC1C3. The molecule has 2 amide bonds. The number of hydrogen-bond donors (Lipinski definition) is 2. The molecular weight excluding hydrogens is 530 g/mol. The van der Waals surface area contributed by atoms with E-state index in [1.54, 1.807) is 6.92 Å². The molecule has 8 heteroatoms. The molecule has 0 aliphatic heterocycles. The van der Waals surface area contributed by atoms with Crippen molar-refractivity contribution in [3.05, 3.63) is 71.9 Å². The van der Waals surface area contributed by atoms with Gasteiger partial charge in [0.05, 0.1) is 6.61 Å². The fourth-order valence-corrected chi connectivity index (χ4v) is 7.85. The molecule has 4 aliphatic rings. The Kier molecular flexibility index (Phi) is 8.49. The fourth-order valence-electron chi connectivity index (χ4n) is 7.85. The summed E-state index contributed by atoms with van der Waals surface area (Å²) in [4.78, 5) is 45.0. The van der Waals surface area contributed by atoms with Crippen molar-refractivity contribution in [1.82, 2.24) is 15.2 Å². The molecule has 1 atom stereocenters. The van der Waals surface area contributed by atoms with E-state index in [1.807, 2.05) is 60.8 Å². The molecule has 0 unspecified atom stereocenters. The van der Waals surface area contributed by atoms with Gasteiger partial charge in [-0.15, -0.1) is 0 Å². The van der Waals surface area contributed by atoms with E-state index in [4.69, 9.17) is 9.47 Å². The van der Waals surface area contributed by atoms with Crippen LogP contribution in [0.1, 0.15) is 50.2 Å². The predicted octanol–water partition coefficient (Wildman–Crippen LogP) is 5.26. The second kappa shape index (κ2) is 12.6. The van der Waals surface area contributed by atoms with Crippen LogP contribution >= 0.6 is 0 Å². The summed E-state index contributed by atoms with van der Waals surface area (Å²) < 4.78 is 11.3. The summed E-state index contributed by atoms with van der Waals surface area (Å²) in [6.45, 7) is 2.11. The van der Waals surface area contributed by atoms with Crippen molar-refractivity contribution in [3.63, 3.8) is 0 Å². The topological polar surface area (TPSA) is 101 Å². The summed E-state index contributed by atoms with van der Waals surface area (Å²) in [5.41, 5.74) is 2.93. The summed E-state index contributed by atoms with van der Waals surface area (Å²) in [5.74, 6) is 1.58. The maximum absolute atomic E-state index is 14.2. The van der Waals surface area contributed by atoms with E-state index in [-0.39, 0.29) is 31.6 Å². The van der Waals surface area contributed by atoms with E-state index in [1.165, 1.54) is 11.3 Å². The number of benzene rings is 2. The Hall–Kier alpha value is -3.81. The molecule has 222 valence electrons. The Bertz CT molecular complexity index is 1370. The molecule has 3 aromatic rings. The molecule has 4 fully saturated rings. The lowest BCUT2D eigenvalue weighted by molar-refractivity contribution is -0.149. The number of amides is 2. The van der Waals surface area contributed by atoms with Gasteiger partial charge in [0.2, 0.25) is 5.91 Å². The van der Waals surface area contributed by atoms with Crippen LogP contribution in [0, 0.1) is 23.7 Å². The first-order valence-electron chi connectivity index (χ1n) is 15.5. The van der Waals surface area contributed by atoms with Crippen molar-refractivity contribution >= 4 is 28.9 Å². The molecule has 7 rings (SSSR count). The lowest BCUT2D eigenvalue weighted by Gasteiger charge is -2.53. The number of nitrogens with zero attached hydrogens (tertiary/aromatic N) is 1. The van der Waals surface area contributed by atoms with Crippen LogP contribution in [-0.4, -0.2) is 59.7 Å². The van der Waals surface area contributed by atoms with Gasteiger partial charge in [-0.25, -0.2) is 4.79 Å². The molecule has 8 nitrogen and oxygen atoms in total. The lowest BCUT2D eigenvalue weighted by atomic mass is 9.55. The first-order valence-corrected chi connectivity index (χ1v) is 15.5. The van der Waals surface area contributed by atoms with Gasteiger partial charge in [-0.2, -0.15) is 0 Å². The number of aromatic nitrogens is 1. The number of fused-ring (bicyclic) bond motifs is 1. The normalized spacial score (nSPS) is 24.7. The number of ether oxygens (including phenoxy) is 2. The first kappa shape index (κ1) is 28.3. The van der Waals surface area contributed by atoms with Crippen molar-refractivity contribution in [3.8, 4) is 0 Å². The number of hydrogen-bond acceptors (Lipinski definition) is 5. The summed E-state index contributed by atoms with van der Waals surface area (Å²) >= 11 is 0. The summed E-state index contributed by atoms with van der Waals surface area (Å²) in [6.07, 6.45) is 7.95. The number of carbonyl (C=O) groups excluding carboxylic acids is 3. The second-order valence-corrected chi connectivity index (χ2v) is 12.4. The minimum Gasteiger partial charge on any atom is -0.465 e. The number of rotatable bonds is 11. The van der Waals surface area contributed by atoms with Gasteiger partial charge in [0, 0.05) is 30.1 Å². The molecule has 2 N–H and O–H groups in total. The Morgan fingerprint density at radius 1 is 0.952 bits per heavy atom. The maximum Gasteiger partial charge on any atom is 0.408 e. The summed E-state index contributed by atoms with van der Waals surface area (Å²) in [7, 11) is 0. The standard InChI is InChI=1S/C34H41N3O5/c1-2-41-31(38)21-37(13-12-22-8-4-3-5-9-22)33(39)30(19-27-20-35-29-11-7-6-10-28(27)29)36-34(40)42-32-25-15-23-14-24(17-25)18-26(32)16-23/h3-11,20,23-26,30,32,35H,2,12-19,21H2,1H3,(H,36,40)/t23?,24?,25?,26?,30-,32?/m1/s1. The number of esters is 1. The Balaban J connectivity index is 1.22. The second-order valence-electron chi connectivity index (χ2n) is 12.4. The van der Waals surface area contributed by atoms with E-state index >= 15 is 0 Å². The molecule has 2 aromatic carbocycles. The summed E-state index contributed by atoms with van der Waals surface area (Å²) in [6, 6.07) is 16.8. The maximum atomic E-state index is 14.2. The molecule has 4 aliphatic carbocycles. The third-order valence-electron chi connectivity index (χ3n) is 9.52. The van der Waals surface area contributed by atoms with Crippen LogP contribution in [0.2, 0.25) is 0 Å². The zero-order valence-corrected chi connectivity index (χ0v) is 24.3. The third-order valence-corrected chi connectivity index (χ3v) is 9.52. The minimum atomic E-state index is -0.904. The smallest absolute Gasteiger partial charge is 0.408 e. The Morgan fingerprint density at radius 3 is 2.36 bits per heavy atom. The van der Waals surface area contributed by atoms with Gasteiger partial charge >= 0.3 is 12.1 Å². The average molecular weight is 572 g/mol. The van der Waals surface area contributed by atoms with E-state index in [0.717, 1.165) is 59.5 Å². The van der Waals surface area contributed by atoms with E-state index in [0.29, 0.717) is 24.8 Å². The number of aromatic amines is 1. The molecule has 0 spiro atoms. The number of para-hydroxylation sites is 1. The molecule has 0 radical (unpaired) electrons. The van der Waals surface area contributed by atoms with Crippen LogP contribution in [0.25, 0.3) is 10.9 Å².